The summed E-state index contributed by atoms with van der Waals surface area (Å²) < 4.78 is 5.95. The number of unbranched alkanes of at least 4 members (excludes halogenated alkanes) is 37. The monoisotopic (exact) mass is 916 g/mol. The summed E-state index contributed by atoms with van der Waals surface area (Å²) in [6.45, 7) is 6.50. The SMILES string of the molecule is CCCCCC/C=C\CCCCCCCCCC(=O)OC(CCCCC/C=C/CCCCCCCCC)CC(=O)NC(CO)C(O)CCCCCCCCCCCCCCCCCCC. The maximum atomic E-state index is 13.3. The molecule has 6 heteroatoms. The third kappa shape index (κ3) is 48.6. The standard InChI is InChI=1S/C59H113NO5/c1-4-7-10-13-16-19-22-25-28-29-31-33-36-39-42-45-48-51-57(62)56(54-61)60-58(63)53-55(50-47-44-41-38-35-32-27-24-21-18-15-12-9-6-3)65-59(64)52-49-46-43-40-37-34-30-26-23-20-17-14-11-8-5-2/h20,23,32,35,55-57,61-62H,4-19,21-22,24-31,33-34,36-54H2,1-3H3,(H,60,63)/b23-20-,35-32+. The highest BCUT2D eigenvalue weighted by molar-refractivity contribution is 5.77. The summed E-state index contributed by atoms with van der Waals surface area (Å²) in [5, 5.41) is 23.9. The van der Waals surface area contributed by atoms with Crippen LogP contribution in [0.2, 0.25) is 0 Å². The Labute approximate surface area is 405 Å². The van der Waals surface area contributed by atoms with Crippen LogP contribution in [-0.2, 0) is 14.3 Å². The zero-order chi connectivity index (χ0) is 47.4. The molecule has 0 radical (unpaired) electrons. The first-order valence-electron chi connectivity index (χ1n) is 29.1. The fourth-order valence-electron chi connectivity index (χ4n) is 9.07. The number of aliphatic hydroxyl groups excluding tert-OH is 2. The van der Waals surface area contributed by atoms with Crippen molar-refractivity contribution < 1.29 is 24.5 Å². The van der Waals surface area contributed by atoms with E-state index in [0.717, 1.165) is 57.8 Å². The molecule has 0 aromatic rings. The Balaban J connectivity index is 4.51. The lowest BCUT2D eigenvalue weighted by Gasteiger charge is -2.24. The smallest absolute Gasteiger partial charge is 0.306 e. The van der Waals surface area contributed by atoms with Crippen LogP contribution in [0.5, 0.6) is 0 Å². The summed E-state index contributed by atoms with van der Waals surface area (Å²) in [7, 11) is 0. The summed E-state index contributed by atoms with van der Waals surface area (Å²) in [6.07, 6.45) is 62.4. The molecule has 0 aliphatic carbocycles. The fourth-order valence-corrected chi connectivity index (χ4v) is 9.07. The lowest BCUT2D eigenvalue weighted by Crippen LogP contribution is -2.46. The quantitative estimate of drug-likeness (QED) is 0.0321. The summed E-state index contributed by atoms with van der Waals surface area (Å²) in [5.74, 6) is -0.478. The van der Waals surface area contributed by atoms with Crippen molar-refractivity contribution in [2.45, 2.75) is 334 Å². The summed E-state index contributed by atoms with van der Waals surface area (Å²) in [5.41, 5.74) is 0. The minimum Gasteiger partial charge on any atom is -0.462 e. The second-order valence-corrected chi connectivity index (χ2v) is 20.0. The van der Waals surface area contributed by atoms with Crippen molar-refractivity contribution >= 4 is 11.9 Å². The van der Waals surface area contributed by atoms with E-state index in [1.807, 2.05) is 0 Å². The number of rotatable bonds is 53. The van der Waals surface area contributed by atoms with Crippen molar-refractivity contribution in [2.75, 3.05) is 6.61 Å². The highest BCUT2D eigenvalue weighted by atomic mass is 16.5. The van der Waals surface area contributed by atoms with Crippen molar-refractivity contribution in [3.8, 4) is 0 Å². The van der Waals surface area contributed by atoms with Crippen LogP contribution < -0.4 is 5.32 Å². The van der Waals surface area contributed by atoms with E-state index in [4.69, 9.17) is 4.74 Å². The Kier molecular flexibility index (Phi) is 51.9. The van der Waals surface area contributed by atoms with Gasteiger partial charge in [-0.15, -0.1) is 0 Å². The number of carbonyl (C=O) groups is 2. The van der Waals surface area contributed by atoms with Crippen molar-refractivity contribution in [2.24, 2.45) is 0 Å². The van der Waals surface area contributed by atoms with Gasteiger partial charge in [-0.1, -0.05) is 251 Å². The van der Waals surface area contributed by atoms with Crippen molar-refractivity contribution in [1.29, 1.82) is 0 Å². The lowest BCUT2D eigenvalue weighted by atomic mass is 10.0. The maximum Gasteiger partial charge on any atom is 0.306 e. The first-order valence-corrected chi connectivity index (χ1v) is 29.1. The van der Waals surface area contributed by atoms with Gasteiger partial charge in [0.15, 0.2) is 0 Å². The van der Waals surface area contributed by atoms with E-state index >= 15 is 0 Å². The van der Waals surface area contributed by atoms with Gasteiger partial charge in [0.2, 0.25) is 5.91 Å². The van der Waals surface area contributed by atoms with Crippen molar-refractivity contribution in [1.82, 2.24) is 5.32 Å². The number of hydrogen-bond acceptors (Lipinski definition) is 5. The third-order valence-corrected chi connectivity index (χ3v) is 13.5. The molecule has 65 heavy (non-hydrogen) atoms. The number of hydrogen-bond donors (Lipinski definition) is 3. The fraction of sp³-hybridized carbons (Fsp3) is 0.898. The van der Waals surface area contributed by atoms with E-state index in [0.29, 0.717) is 19.3 Å². The molecule has 0 spiro atoms. The van der Waals surface area contributed by atoms with Gasteiger partial charge in [-0.25, -0.2) is 0 Å². The number of esters is 1. The first-order chi connectivity index (χ1) is 32.0. The molecule has 3 N–H and O–H groups in total. The van der Waals surface area contributed by atoms with Gasteiger partial charge >= 0.3 is 5.97 Å². The van der Waals surface area contributed by atoms with Crippen LogP contribution in [-0.4, -0.2) is 46.9 Å². The number of ether oxygens (including phenoxy) is 1. The minimum absolute atomic E-state index is 0.0699. The van der Waals surface area contributed by atoms with E-state index in [1.165, 1.54) is 212 Å². The van der Waals surface area contributed by atoms with Crippen LogP contribution in [0.4, 0.5) is 0 Å². The lowest BCUT2D eigenvalue weighted by molar-refractivity contribution is -0.151. The van der Waals surface area contributed by atoms with Crippen LogP contribution in [0, 0.1) is 0 Å². The Morgan fingerprint density at radius 1 is 0.431 bits per heavy atom. The zero-order valence-electron chi connectivity index (χ0n) is 43.9. The molecule has 3 unspecified atom stereocenters. The van der Waals surface area contributed by atoms with Gasteiger partial charge < -0.3 is 20.3 Å². The minimum atomic E-state index is -0.790. The molecule has 0 saturated heterocycles. The van der Waals surface area contributed by atoms with Gasteiger partial charge in [0.05, 0.1) is 25.2 Å². The molecule has 0 bridgehead atoms. The molecule has 0 aromatic heterocycles. The molecule has 0 rings (SSSR count). The molecule has 0 aliphatic rings. The van der Waals surface area contributed by atoms with Crippen LogP contribution in [0.1, 0.15) is 316 Å². The molecule has 0 heterocycles. The predicted octanol–water partition coefficient (Wildman–Crippen LogP) is 17.9. The van der Waals surface area contributed by atoms with Gasteiger partial charge in [-0.3, -0.25) is 9.59 Å². The number of aliphatic hydroxyl groups is 2. The van der Waals surface area contributed by atoms with E-state index in [1.54, 1.807) is 0 Å². The highest BCUT2D eigenvalue weighted by Gasteiger charge is 2.24. The average molecular weight is 917 g/mol. The summed E-state index contributed by atoms with van der Waals surface area (Å²) >= 11 is 0. The Morgan fingerprint density at radius 2 is 0.738 bits per heavy atom. The van der Waals surface area contributed by atoms with Crippen molar-refractivity contribution in [3.63, 3.8) is 0 Å². The largest absolute Gasteiger partial charge is 0.462 e. The molecular weight excluding hydrogens is 803 g/mol. The summed E-state index contributed by atoms with van der Waals surface area (Å²) in [4.78, 5) is 26.2. The molecule has 0 aliphatic heterocycles. The van der Waals surface area contributed by atoms with Gasteiger partial charge in [-0.2, -0.15) is 0 Å². The molecule has 0 aromatic carbocycles. The van der Waals surface area contributed by atoms with Crippen molar-refractivity contribution in [3.05, 3.63) is 24.3 Å². The molecule has 6 nitrogen and oxygen atoms in total. The average Bonchev–Trinajstić information content (AvgIpc) is 3.30. The molecule has 3 atom stereocenters. The maximum absolute atomic E-state index is 13.3. The first kappa shape index (κ1) is 63.3. The second-order valence-electron chi connectivity index (χ2n) is 20.0. The number of nitrogens with one attached hydrogen (secondary N) is 1. The predicted molar refractivity (Wildman–Crippen MR) is 283 cm³/mol. The molecule has 0 saturated carbocycles. The Bertz CT molecular complexity index is 1030. The van der Waals surface area contributed by atoms with E-state index in [9.17, 15) is 19.8 Å². The van der Waals surface area contributed by atoms with Crippen LogP contribution in [0.25, 0.3) is 0 Å². The normalized spacial score (nSPS) is 13.2. The topological polar surface area (TPSA) is 95.9 Å². The van der Waals surface area contributed by atoms with Gasteiger partial charge in [0.1, 0.15) is 6.10 Å². The molecule has 384 valence electrons. The van der Waals surface area contributed by atoms with E-state index in [-0.39, 0.29) is 24.9 Å². The van der Waals surface area contributed by atoms with Crippen LogP contribution in [0.3, 0.4) is 0 Å². The second kappa shape index (κ2) is 53.3. The van der Waals surface area contributed by atoms with Gasteiger partial charge in [0, 0.05) is 6.42 Å². The van der Waals surface area contributed by atoms with E-state index in [2.05, 4.69) is 50.4 Å². The molecular formula is C59H113NO5. The van der Waals surface area contributed by atoms with E-state index < -0.39 is 18.2 Å². The highest BCUT2D eigenvalue weighted by Crippen LogP contribution is 2.18. The number of amides is 1. The van der Waals surface area contributed by atoms with Gasteiger partial charge in [-0.05, 0) is 77.0 Å². The third-order valence-electron chi connectivity index (χ3n) is 13.5. The summed E-state index contributed by atoms with van der Waals surface area (Å²) in [6, 6.07) is -0.704. The van der Waals surface area contributed by atoms with Crippen LogP contribution >= 0.6 is 0 Å². The zero-order valence-corrected chi connectivity index (χ0v) is 43.9. The Hall–Kier alpha value is -1.66. The van der Waals surface area contributed by atoms with Gasteiger partial charge in [0.25, 0.3) is 0 Å². The Morgan fingerprint density at radius 3 is 1.12 bits per heavy atom. The number of carbonyl (C=O) groups excluding carboxylic acids is 2. The van der Waals surface area contributed by atoms with Crippen LogP contribution in [0.15, 0.2) is 24.3 Å². The molecule has 1 amide bonds. The molecule has 0 fully saturated rings. The number of allylic oxidation sites excluding steroid dienone is 4.